The lowest BCUT2D eigenvalue weighted by Gasteiger charge is -2.30. The van der Waals surface area contributed by atoms with Crippen LogP contribution in [0.4, 0.5) is 0 Å². The van der Waals surface area contributed by atoms with Crippen molar-refractivity contribution in [3.8, 4) is 11.5 Å². The van der Waals surface area contributed by atoms with Crippen LogP contribution in [-0.4, -0.2) is 24.3 Å². The Labute approximate surface area is 110 Å². The van der Waals surface area contributed by atoms with Crippen molar-refractivity contribution in [1.29, 1.82) is 0 Å². The van der Waals surface area contributed by atoms with Gasteiger partial charge in [-0.05, 0) is 12.1 Å². The topological polar surface area (TPSA) is 55.8 Å². The van der Waals surface area contributed by atoms with Crippen molar-refractivity contribution in [3.63, 3.8) is 0 Å². The van der Waals surface area contributed by atoms with Crippen LogP contribution in [0.3, 0.4) is 0 Å². The minimum absolute atomic E-state index is 0.0213. The minimum Gasteiger partial charge on any atom is -0.486 e. The maximum Gasteiger partial charge on any atom is 0.304 e. The van der Waals surface area contributed by atoms with Crippen molar-refractivity contribution in [3.05, 3.63) is 22.7 Å². The highest BCUT2D eigenvalue weighted by atomic mass is 35.5. The summed E-state index contributed by atoms with van der Waals surface area (Å²) in [4.78, 5) is 11.0. The number of hydrogen-bond donors (Lipinski definition) is 1. The largest absolute Gasteiger partial charge is 0.486 e. The second-order valence-electron chi connectivity index (χ2n) is 4.90. The molecule has 1 aromatic rings. The van der Waals surface area contributed by atoms with Crippen LogP contribution >= 0.6 is 11.6 Å². The molecule has 0 radical (unpaired) electrons. The van der Waals surface area contributed by atoms with Gasteiger partial charge in [-0.15, -0.1) is 0 Å². The SMILES string of the molecule is CC(C)(CC(=O)O)c1c(Cl)ccc2c1OCCO2. The van der Waals surface area contributed by atoms with Crippen molar-refractivity contribution >= 4 is 17.6 Å². The summed E-state index contributed by atoms with van der Waals surface area (Å²) in [5.74, 6) is 0.324. The zero-order valence-corrected chi connectivity index (χ0v) is 11.1. The van der Waals surface area contributed by atoms with Gasteiger partial charge in [0.15, 0.2) is 11.5 Å². The third kappa shape index (κ3) is 2.38. The van der Waals surface area contributed by atoms with Gasteiger partial charge in [-0.3, -0.25) is 4.79 Å². The lowest BCUT2D eigenvalue weighted by Crippen LogP contribution is -2.25. The van der Waals surface area contributed by atoms with Gasteiger partial charge in [0.05, 0.1) is 6.42 Å². The summed E-state index contributed by atoms with van der Waals surface area (Å²) >= 11 is 6.20. The highest BCUT2D eigenvalue weighted by Crippen LogP contribution is 2.45. The third-order valence-corrected chi connectivity index (χ3v) is 3.24. The highest BCUT2D eigenvalue weighted by molar-refractivity contribution is 6.31. The quantitative estimate of drug-likeness (QED) is 0.918. The number of ether oxygens (including phenoxy) is 2. The van der Waals surface area contributed by atoms with E-state index in [-0.39, 0.29) is 6.42 Å². The van der Waals surface area contributed by atoms with Gasteiger partial charge in [0.2, 0.25) is 0 Å². The van der Waals surface area contributed by atoms with Crippen molar-refractivity contribution in [2.75, 3.05) is 13.2 Å². The van der Waals surface area contributed by atoms with E-state index in [0.29, 0.717) is 35.3 Å². The monoisotopic (exact) mass is 270 g/mol. The number of benzene rings is 1. The number of halogens is 1. The average molecular weight is 271 g/mol. The summed E-state index contributed by atoms with van der Waals surface area (Å²) < 4.78 is 11.1. The van der Waals surface area contributed by atoms with E-state index >= 15 is 0 Å². The summed E-state index contributed by atoms with van der Waals surface area (Å²) in [6.07, 6.45) is -0.0213. The molecule has 0 saturated heterocycles. The van der Waals surface area contributed by atoms with Crippen molar-refractivity contribution in [2.24, 2.45) is 0 Å². The lowest BCUT2D eigenvalue weighted by molar-refractivity contribution is -0.138. The summed E-state index contributed by atoms with van der Waals surface area (Å²) in [5, 5.41) is 9.50. The van der Waals surface area contributed by atoms with Crippen LogP contribution in [-0.2, 0) is 10.2 Å². The molecule has 1 aliphatic heterocycles. The molecule has 0 spiro atoms. The molecule has 0 unspecified atom stereocenters. The second kappa shape index (κ2) is 4.69. The van der Waals surface area contributed by atoms with E-state index in [0.717, 1.165) is 0 Å². The second-order valence-corrected chi connectivity index (χ2v) is 5.31. The summed E-state index contributed by atoms with van der Waals surface area (Å²) in [6, 6.07) is 3.46. The van der Waals surface area contributed by atoms with Gasteiger partial charge in [0.1, 0.15) is 13.2 Å². The molecule has 1 N–H and O–H groups in total. The smallest absolute Gasteiger partial charge is 0.304 e. The van der Waals surface area contributed by atoms with Gasteiger partial charge in [-0.2, -0.15) is 0 Å². The molecule has 0 saturated carbocycles. The molecule has 1 aliphatic rings. The van der Waals surface area contributed by atoms with E-state index in [2.05, 4.69) is 0 Å². The Balaban J connectivity index is 2.51. The molecule has 4 nitrogen and oxygen atoms in total. The average Bonchev–Trinajstić information content (AvgIpc) is 2.26. The fourth-order valence-corrected chi connectivity index (χ4v) is 2.59. The van der Waals surface area contributed by atoms with E-state index in [9.17, 15) is 4.79 Å². The van der Waals surface area contributed by atoms with Crippen molar-refractivity contribution in [2.45, 2.75) is 25.7 Å². The molecule has 1 aromatic carbocycles. The molecule has 0 bridgehead atoms. The Morgan fingerprint density at radius 2 is 2.06 bits per heavy atom. The van der Waals surface area contributed by atoms with Gasteiger partial charge in [0.25, 0.3) is 0 Å². The first-order chi connectivity index (χ1) is 8.42. The van der Waals surface area contributed by atoms with Gasteiger partial charge in [-0.1, -0.05) is 25.4 Å². The minimum atomic E-state index is -0.870. The Morgan fingerprint density at radius 1 is 1.39 bits per heavy atom. The van der Waals surface area contributed by atoms with Crippen LogP contribution in [0.15, 0.2) is 12.1 Å². The van der Waals surface area contributed by atoms with Crippen LogP contribution in [0.1, 0.15) is 25.8 Å². The first kappa shape index (κ1) is 13.0. The molecule has 0 aromatic heterocycles. The number of aliphatic carboxylic acids is 1. The standard InChI is InChI=1S/C13H15ClO4/c1-13(2,7-10(15)16)11-8(14)3-4-9-12(11)18-6-5-17-9/h3-4H,5-7H2,1-2H3,(H,15,16). The molecule has 5 heteroatoms. The Hall–Kier alpha value is -1.42. The summed E-state index contributed by atoms with van der Waals surface area (Å²) in [5.41, 5.74) is 0.0818. The molecule has 98 valence electrons. The van der Waals surface area contributed by atoms with Crippen molar-refractivity contribution < 1.29 is 19.4 Å². The molecule has 18 heavy (non-hydrogen) atoms. The fourth-order valence-electron chi connectivity index (χ4n) is 2.19. The Kier molecular flexibility index (Phi) is 3.39. The van der Waals surface area contributed by atoms with E-state index in [4.69, 9.17) is 26.2 Å². The van der Waals surface area contributed by atoms with Crippen LogP contribution in [0, 0.1) is 0 Å². The Bertz CT molecular complexity index is 482. The van der Waals surface area contributed by atoms with Crippen LogP contribution < -0.4 is 9.47 Å². The van der Waals surface area contributed by atoms with E-state index in [1.807, 2.05) is 13.8 Å². The lowest BCUT2D eigenvalue weighted by atomic mass is 9.80. The number of hydrogen-bond acceptors (Lipinski definition) is 3. The van der Waals surface area contributed by atoms with Crippen LogP contribution in [0.5, 0.6) is 11.5 Å². The van der Waals surface area contributed by atoms with Gasteiger partial charge in [0, 0.05) is 16.0 Å². The van der Waals surface area contributed by atoms with E-state index < -0.39 is 11.4 Å². The first-order valence-electron chi connectivity index (χ1n) is 5.72. The fraction of sp³-hybridized carbons (Fsp3) is 0.462. The highest BCUT2D eigenvalue weighted by Gasteiger charge is 2.32. The first-order valence-corrected chi connectivity index (χ1v) is 6.10. The zero-order chi connectivity index (χ0) is 13.3. The number of carbonyl (C=O) groups is 1. The Morgan fingerprint density at radius 3 is 2.72 bits per heavy atom. The third-order valence-electron chi connectivity index (χ3n) is 2.93. The maximum absolute atomic E-state index is 11.0. The van der Waals surface area contributed by atoms with E-state index in [1.165, 1.54) is 0 Å². The molecule has 0 aliphatic carbocycles. The number of carboxylic acid groups (broad SMARTS) is 1. The van der Waals surface area contributed by atoms with E-state index in [1.54, 1.807) is 12.1 Å². The number of carboxylic acids is 1. The van der Waals surface area contributed by atoms with Gasteiger partial charge < -0.3 is 14.6 Å². The molecular weight excluding hydrogens is 256 g/mol. The van der Waals surface area contributed by atoms with Crippen LogP contribution in [0.25, 0.3) is 0 Å². The zero-order valence-electron chi connectivity index (χ0n) is 10.3. The predicted molar refractivity (Wildman–Crippen MR) is 67.7 cm³/mol. The normalized spacial score (nSPS) is 14.4. The van der Waals surface area contributed by atoms with Gasteiger partial charge >= 0.3 is 5.97 Å². The number of fused-ring (bicyclic) bond motifs is 1. The molecule has 0 amide bonds. The predicted octanol–water partition coefficient (Wildman–Crippen LogP) is 2.86. The molecule has 0 fully saturated rings. The summed E-state index contributed by atoms with van der Waals surface area (Å²) in [7, 11) is 0. The van der Waals surface area contributed by atoms with Crippen molar-refractivity contribution in [1.82, 2.24) is 0 Å². The van der Waals surface area contributed by atoms with Crippen LogP contribution in [0.2, 0.25) is 5.02 Å². The molecule has 2 rings (SSSR count). The summed E-state index contributed by atoms with van der Waals surface area (Å²) in [6.45, 7) is 4.61. The molecule has 1 heterocycles. The number of rotatable bonds is 3. The molecule has 0 atom stereocenters. The maximum atomic E-state index is 11.0. The van der Waals surface area contributed by atoms with Gasteiger partial charge in [-0.25, -0.2) is 0 Å². The molecular formula is C13H15ClO4.